The van der Waals surface area contributed by atoms with Crippen molar-refractivity contribution in [1.29, 1.82) is 0 Å². The van der Waals surface area contributed by atoms with Crippen molar-refractivity contribution in [2.45, 2.75) is 25.3 Å². The standard InChI is InChI=1S/C11H12BrN3O2/c12-9-4-1-3-8(7-9)10(14-15-13)5-2-6-11(16)17/h1,3-4,7,10H,2,5-6H2,(H,16,17). The van der Waals surface area contributed by atoms with Crippen molar-refractivity contribution in [3.63, 3.8) is 0 Å². The third-order valence-electron chi connectivity index (χ3n) is 2.29. The highest BCUT2D eigenvalue weighted by Crippen LogP contribution is 2.26. The first-order chi connectivity index (χ1) is 8.13. The summed E-state index contributed by atoms with van der Waals surface area (Å²) in [7, 11) is 0. The number of halogens is 1. The molecule has 0 saturated heterocycles. The van der Waals surface area contributed by atoms with Crippen LogP contribution in [0.2, 0.25) is 0 Å². The van der Waals surface area contributed by atoms with Crippen molar-refractivity contribution >= 4 is 21.9 Å². The van der Waals surface area contributed by atoms with Crippen LogP contribution in [0.15, 0.2) is 33.9 Å². The number of carboxylic acid groups (broad SMARTS) is 1. The van der Waals surface area contributed by atoms with Gasteiger partial charge in [-0.15, -0.1) is 0 Å². The minimum absolute atomic E-state index is 0.0887. The quantitative estimate of drug-likeness (QED) is 0.488. The summed E-state index contributed by atoms with van der Waals surface area (Å²) >= 11 is 3.34. The zero-order valence-corrected chi connectivity index (χ0v) is 10.7. The molecule has 6 heteroatoms. The first-order valence-corrected chi connectivity index (χ1v) is 5.94. The molecule has 0 aliphatic heterocycles. The van der Waals surface area contributed by atoms with Crippen LogP contribution in [-0.2, 0) is 4.79 Å². The van der Waals surface area contributed by atoms with Crippen LogP contribution in [0.3, 0.4) is 0 Å². The van der Waals surface area contributed by atoms with Gasteiger partial charge in [0, 0.05) is 15.8 Å². The smallest absolute Gasteiger partial charge is 0.303 e. The Bertz CT molecular complexity index is 444. The molecule has 0 amide bonds. The number of aliphatic carboxylic acids is 1. The van der Waals surface area contributed by atoms with Gasteiger partial charge in [-0.25, -0.2) is 0 Å². The highest BCUT2D eigenvalue weighted by atomic mass is 79.9. The summed E-state index contributed by atoms with van der Waals surface area (Å²) in [6.07, 6.45) is 1.11. The molecule has 0 bridgehead atoms. The van der Waals surface area contributed by atoms with E-state index in [-0.39, 0.29) is 12.5 Å². The summed E-state index contributed by atoms with van der Waals surface area (Å²) in [6.45, 7) is 0. The average molecular weight is 298 g/mol. The number of rotatable bonds is 6. The summed E-state index contributed by atoms with van der Waals surface area (Å²) in [6, 6.07) is 7.17. The molecular weight excluding hydrogens is 286 g/mol. The Hall–Kier alpha value is -1.52. The number of carbonyl (C=O) groups is 1. The second kappa shape index (κ2) is 6.93. The topological polar surface area (TPSA) is 86.1 Å². The molecular formula is C11H12BrN3O2. The van der Waals surface area contributed by atoms with E-state index in [9.17, 15) is 4.79 Å². The van der Waals surface area contributed by atoms with Crippen molar-refractivity contribution < 1.29 is 9.90 Å². The van der Waals surface area contributed by atoms with Crippen molar-refractivity contribution in [3.05, 3.63) is 44.7 Å². The van der Waals surface area contributed by atoms with Crippen LogP contribution in [0.25, 0.3) is 10.4 Å². The van der Waals surface area contributed by atoms with Crippen LogP contribution in [-0.4, -0.2) is 11.1 Å². The first-order valence-electron chi connectivity index (χ1n) is 5.15. The van der Waals surface area contributed by atoms with Gasteiger partial charge in [-0.1, -0.05) is 33.2 Å². The molecule has 1 atom stereocenters. The molecule has 0 aromatic heterocycles. The van der Waals surface area contributed by atoms with Crippen LogP contribution in [0.5, 0.6) is 0 Å². The van der Waals surface area contributed by atoms with Gasteiger partial charge in [-0.05, 0) is 36.1 Å². The monoisotopic (exact) mass is 297 g/mol. The van der Waals surface area contributed by atoms with Gasteiger partial charge in [-0.3, -0.25) is 4.79 Å². The highest BCUT2D eigenvalue weighted by molar-refractivity contribution is 9.10. The summed E-state index contributed by atoms with van der Waals surface area (Å²) in [5.74, 6) is -0.834. The second-order valence-corrected chi connectivity index (χ2v) is 4.48. The first kappa shape index (κ1) is 13.5. The number of hydrogen-bond donors (Lipinski definition) is 1. The fraction of sp³-hybridized carbons (Fsp3) is 0.364. The maximum Gasteiger partial charge on any atom is 0.303 e. The van der Waals surface area contributed by atoms with Gasteiger partial charge in [0.15, 0.2) is 0 Å². The maximum absolute atomic E-state index is 10.4. The van der Waals surface area contributed by atoms with Gasteiger partial charge >= 0.3 is 5.97 Å². The van der Waals surface area contributed by atoms with Gasteiger partial charge in [0.1, 0.15) is 0 Å². The molecule has 5 nitrogen and oxygen atoms in total. The van der Waals surface area contributed by atoms with E-state index >= 15 is 0 Å². The average Bonchev–Trinajstić information content (AvgIpc) is 2.27. The SMILES string of the molecule is [N-]=[N+]=NC(CCCC(=O)O)c1cccc(Br)c1. The second-order valence-electron chi connectivity index (χ2n) is 3.56. The Morgan fingerprint density at radius 3 is 2.94 bits per heavy atom. The lowest BCUT2D eigenvalue weighted by Crippen LogP contribution is -1.99. The number of nitrogens with zero attached hydrogens (tertiary/aromatic N) is 3. The minimum atomic E-state index is -0.834. The third kappa shape index (κ3) is 4.89. The van der Waals surface area contributed by atoms with Crippen molar-refractivity contribution in [2.75, 3.05) is 0 Å². The maximum atomic E-state index is 10.4. The number of hydrogen-bond acceptors (Lipinski definition) is 2. The molecule has 0 radical (unpaired) electrons. The van der Waals surface area contributed by atoms with Gasteiger partial charge in [-0.2, -0.15) is 0 Å². The Labute approximate surface area is 107 Å². The fourth-order valence-corrected chi connectivity index (χ4v) is 1.93. The van der Waals surface area contributed by atoms with E-state index < -0.39 is 5.97 Å². The molecule has 1 aromatic rings. The summed E-state index contributed by atoms with van der Waals surface area (Å²) < 4.78 is 0.909. The normalized spacial score (nSPS) is 11.6. The van der Waals surface area contributed by atoms with Gasteiger partial charge in [0.2, 0.25) is 0 Å². The molecule has 0 spiro atoms. The van der Waals surface area contributed by atoms with E-state index in [1.165, 1.54) is 0 Å². The fourth-order valence-electron chi connectivity index (χ4n) is 1.51. The van der Waals surface area contributed by atoms with Crippen LogP contribution < -0.4 is 0 Å². The zero-order chi connectivity index (χ0) is 12.7. The lowest BCUT2D eigenvalue weighted by Gasteiger charge is -2.10. The Morgan fingerprint density at radius 1 is 1.59 bits per heavy atom. The van der Waals surface area contributed by atoms with Crippen molar-refractivity contribution in [3.8, 4) is 0 Å². The van der Waals surface area contributed by atoms with E-state index in [0.717, 1.165) is 10.0 Å². The molecule has 1 N–H and O–H groups in total. The number of benzene rings is 1. The zero-order valence-electron chi connectivity index (χ0n) is 9.08. The summed E-state index contributed by atoms with van der Waals surface area (Å²) in [4.78, 5) is 13.2. The lowest BCUT2D eigenvalue weighted by molar-refractivity contribution is -0.137. The lowest BCUT2D eigenvalue weighted by atomic mass is 10.0. The van der Waals surface area contributed by atoms with Gasteiger partial charge in [0.25, 0.3) is 0 Å². The summed E-state index contributed by atoms with van der Waals surface area (Å²) in [5, 5.41) is 12.3. The predicted octanol–water partition coefficient (Wildman–Crippen LogP) is 4.06. The molecule has 0 aliphatic rings. The van der Waals surface area contributed by atoms with Crippen LogP contribution in [0.1, 0.15) is 30.9 Å². The van der Waals surface area contributed by atoms with Gasteiger partial charge in [0.05, 0.1) is 6.04 Å². The molecule has 0 heterocycles. The van der Waals surface area contributed by atoms with Crippen LogP contribution in [0.4, 0.5) is 0 Å². The Kier molecular flexibility index (Phi) is 5.52. The predicted molar refractivity (Wildman–Crippen MR) is 67.5 cm³/mol. The number of azide groups is 1. The van der Waals surface area contributed by atoms with E-state index in [4.69, 9.17) is 10.6 Å². The van der Waals surface area contributed by atoms with Crippen molar-refractivity contribution in [2.24, 2.45) is 5.11 Å². The molecule has 1 unspecified atom stereocenters. The third-order valence-corrected chi connectivity index (χ3v) is 2.79. The van der Waals surface area contributed by atoms with E-state index in [2.05, 4.69) is 26.0 Å². The largest absolute Gasteiger partial charge is 0.481 e. The van der Waals surface area contributed by atoms with Crippen LogP contribution in [0, 0.1) is 0 Å². The Balaban J connectivity index is 2.72. The summed E-state index contributed by atoms with van der Waals surface area (Å²) in [5.41, 5.74) is 9.40. The molecule has 1 rings (SSSR count). The number of carboxylic acids is 1. The van der Waals surface area contributed by atoms with E-state index in [0.29, 0.717) is 12.8 Å². The van der Waals surface area contributed by atoms with Crippen LogP contribution >= 0.6 is 15.9 Å². The minimum Gasteiger partial charge on any atom is -0.481 e. The molecule has 1 aromatic carbocycles. The molecule has 90 valence electrons. The highest BCUT2D eigenvalue weighted by Gasteiger charge is 2.10. The molecule has 0 saturated carbocycles. The molecule has 0 aliphatic carbocycles. The molecule has 0 fully saturated rings. The Morgan fingerprint density at radius 2 is 2.35 bits per heavy atom. The molecule has 17 heavy (non-hydrogen) atoms. The van der Waals surface area contributed by atoms with E-state index in [1.807, 2.05) is 24.3 Å². The van der Waals surface area contributed by atoms with E-state index in [1.54, 1.807) is 0 Å². The van der Waals surface area contributed by atoms with Gasteiger partial charge < -0.3 is 5.11 Å². The van der Waals surface area contributed by atoms with Crippen molar-refractivity contribution in [1.82, 2.24) is 0 Å².